The fraction of sp³-hybridized carbons (Fsp3) is 0.583. The molecule has 0 spiro atoms. The van der Waals surface area contributed by atoms with Gasteiger partial charge in [0.2, 0.25) is 10.0 Å². The van der Waals surface area contributed by atoms with Crippen LogP contribution in [0.1, 0.15) is 19.1 Å². The Labute approximate surface area is 112 Å². The number of sulfonamides is 1. The van der Waals surface area contributed by atoms with Crippen molar-refractivity contribution >= 4 is 10.0 Å². The highest BCUT2D eigenvalue weighted by Gasteiger charge is 2.36. The van der Waals surface area contributed by atoms with Gasteiger partial charge in [0.05, 0.1) is 24.9 Å². The van der Waals surface area contributed by atoms with Crippen LogP contribution < -0.4 is 10.4 Å². The van der Waals surface area contributed by atoms with Crippen molar-refractivity contribution in [3.63, 3.8) is 0 Å². The monoisotopic (exact) mass is 287 g/mol. The van der Waals surface area contributed by atoms with Crippen LogP contribution in [0.15, 0.2) is 21.3 Å². The second-order valence-electron chi connectivity index (χ2n) is 4.60. The van der Waals surface area contributed by atoms with Crippen molar-refractivity contribution in [2.75, 3.05) is 18.8 Å². The Morgan fingerprint density at radius 2 is 2.11 bits per heavy atom. The summed E-state index contributed by atoms with van der Waals surface area (Å²) in [5.74, 6) is 1.05. The third kappa shape index (κ3) is 3.36. The standard InChI is InChI=1S/C12H17NO5S/c1-3-4-19(15,16)13-7-11(8-13)18-10-5-9(2)17-12(14)6-10/h5-6,11H,3-4,7-8H2,1-2H3. The van der Waals surface area contributed by atoms with E-state index >= 15 is 0 Å². The molecule has 1 saturated heterocycles. The van der Waals surface area contributed by atoms with E-state index in [2.05, 4.69) is 0 Å². The van der Waals surface area contributed by atoms with E-state index < -0.39 is 15.6 Å². The number of nitrogens with zero attached hydrogens (tertiary/aromatic N) is 1. The van der Waals surface area contributed by atoms with Crippen LogP contribution in [0.3, 0.4) is 0 Å². The lowest BCUT2D eigenvalue weighted by atomic mass is 10.2. The molecule has 0 amide bonds. The van der Waals surface area contributed by atoms with E-state index in [1.807, 2.05) is 6.92 Å². The number of hydrogen-bond donors (Lipinski definition) is 0. The van der Waals surface area contributed by atoms with Crippen LogP contribution in [0.5, 0.6) is 5.75 Å². The number of hydrogen-bond acceptors (Lipinski definition) is 5. The maximum Gasteiger partial charge on any atom is 0.339 e. The van der Waals surface area contributed by atoms with E-state index in [1.54, 1.807) is 13.0 Å². The number of rotatable bonds is 5. The molecular formula is C12H17NO5S. The highest BCUT2D eigenvalue weighted by molar-refractivity contribution is 7.89. The molecule has 1 fully saturated rings. The summed E-state index contributed by atoms with van der Waals surface area (Å²) >= 11 is 0. The zero-order chi connectivity index (χ0) is 14.0. The summed E-state index contributed by atoms with van der Waals surface area (Å²) in [5, 5.41) is 0. The highest BCUT2D eigenvalue weighted by atomic mass is 32.2. The van der Waals surface area contributed by atoms with Gasteiger partial charge in [-0.2, -0.15) is 4.31 Å². The van der Waals surface area contributed by atoms with E-state index in [-0.39, 0.29) is 11.9 Å². The summed E-state index contributed by atoms with van der Waals surface area (Å²) in [4.78, 5) is 11.2. The van der Waals surface area contributed by atoms with Crippen LogP contribution >= 0.6 is 0 Å². The molecule has 2 heterocycles. The maximum absolute atomic E-state index is 11.7. The fourth-order valence-corrected chi connectivity index (χ4v) is 3.49. The van der Waals surface area contributed by atoms with Gasteiger partial charge in [0.15, 0.2) is 0 Å². The van der Waals surface area contributed by atoms with Crippen molar-refractivity contribution in [1.29, 1.82) is 0 Å². The van der Waals surface area contributed by atoms with Gasteiger partial charge in [-0.05, 0) is 13.3 Å². The van der Waals surface area contributed by atoms with Crippen molar-refractivity contribution in [2.45, 2.75) is 26.4 Å². The molecule has 0 N–H and O–H groups in total. The summed E-state index contributed by atoms with van der Waals surface area (Å²) in [6.45, 7) is 4.16. The van der Waals surface area contributed by atoms with Crippen LogP contribution in [-0.4, -0.2) is 37.7 Å². The van der Waals surface area contributed by atoms with Gasteiger partial charge in [-0.15, -0.1) is 0 Å². The molecule has 7 heteroatoms. The minimum Gasteiger partial charge on any atom is -0.487 e. The normalized spacial score (nSPS) is 17.2. The first-order valence-corrected chi connectivity index (χ1v) is 7.78. The second-order valence-corrected chi connectivity index (χ2v) is 6.68. The van der Waals surface area contributed by atoms with Gasteiger partial charge in [0.1, 0.15) is 17.6 Å². The lowest BCUT2D eigenvalue weighted by Gasteiger charge is -2.37. The van der Waals surface area contributed by atoms with Crippen LogP contribution in [0.4, 0.5) is 0 Å². The smallest absolute Gasteiger partial charge is 0.339 e. The molecule has 19 heavy (non-hydrogen) atoms. The summed E-state index contributed by atoms with van der Waals surface area (Å²) in [7, 11) is -3.14. The van der Waals surface area contributed by atoms with Gasteiger partial charge >= 0.3 is 5.63 Å². The van der Waals surface area contributed by atoms with Crippen molar-refractivity contribution < 1.29 is 17.6 Å². The molecule has 2 rings (SSSR count). The molecule has 0 atom stereocenters. The molecule has 106 valence electrons. The van der Waals surface area contributed by atoms with Gasteiger partial charge in [-0.1, -0.05) is 6.92 Å². The van der Waals surface area contributed by atoms with E-state index in [9.17, 15) is 13.2 Å². The summed E-state index contributed by atoms with van der Waals surface area (Å²) < 4.78 is 35.2. The molecule has 6 nitrogen and oxygen atoms in total. The topological polar surface area (TPSA) is 76.8 Å². The molecule has 0 unspecified atom stereocenters. The molecule has 1 aromatic rings. The van der Waals surface area contributed by atoms with Crippen molar-refractivity contribution in [1.82, 2.24) is 4.31 Å². The second kappa shape index (κ2) is 5.34. The molecule has 1 aliphatic rings. The molecule has 1 aliphatic heterocycles. The Balaban J connectivity index is 1.93. The number of aryl methyl sites for hydroxylation is 1. The highest BCUT2D eigenvalue weighted by Crippen LogP contribution is 2.20. The van der Waals surface area contributed by atoms with E-state index in [0.29, 0.717) is 31.0 Å². The van der Waals surface area contributed by atoms with Crippen molar-refractivity contribution in [3.05, 3.63) is 28.3 Å². The third-order valence-electron chi connectivity index (χ3n) is 2.84. The molecule has 0 aliphatic carbocycles. The lowest BCUT2D eigenvalue weighted by Crippen LogP contribution is -2.56. The lowest BCUT2D eigenvalue weighted by molar-refractivity contribution is 0.0754. The Morgan fingerprint density at radius 1 is 1.42 bits per heavy atom. The summed E-state index contributed by atoms with van der Waals surface area (Å²) in [6.07, 6.45) is 0.399. The first-order chi connectivity index (χ1) is 8.90. The summed E-state index contributed by atoms with van der Waals surface area (Å²) in [6, 6.07) is 2.88. The predicted octanol–water partition coefficient (Wildman–Crippen LogP) is 0.751. The third-order valence-corrected chi connectivity index (χ3v) is 4.85. The molecule has 0 aromatic carbocycles. The van der Waals surface area contributed by atoms with Crippen LogP contribution in [0.25, 0.3) is 0 Å². The SMILES string of the molecule is CCCS(=O)(=O)N1CC(Oc2cc(C)oc(=O)c2)C1. The molecule has 0 radical (unpaired) electrons. The van der Waals surface area contributed by atoms with Gasteiger partial charge in [0.25, 0.3) is 0 Å². The Kier molecular flexibility index (Phi) is 3.96. The van der Waals surface area contributed by atoms with Gasteiger partial charge < -0.3 is 9.15 Å². The average Bonchev–Trinajstić information content (AvgIpc) is 2.20. The first kappa shape index (κ1) is 14.1. The molecule has 0 bridgehead atoms. The first-order valence-electron chi connectivity index (χ1n) is 6.17. The van der Waals surface area contributed by atoms with E-state index in [0.717, 1.165) is 0 Å². The molecule has 0 saturated carbocycles. The maximum atomic E-state index is 11.7. The minimum absolute atomic E-state index is 0.160. The van der Waals surface area contributed by atoms with Gasteiger partial charge in [-0.3, -0.25) is 0 Å². The average molecular weight is 287 g/mol. The Hall–Kier alpha value is -1.34. The predicted molar refractivity (Wildman–Crippen MR) is 69.8 cm³/mol. The Morgan fingerprint density at radius 3 is 2.68 bits per heavy atom. The largest absolute Gasteiger partial charge is 0.487 e. The molecule has 1 aromatic heterocycles. The van der Waals surface area contributed by atoms with Gasteiger partial charge in [-0.25, -0.2) is 13.2 Å². The zero-order valence-electron chi connectivity index (χ0n) is 11.0. The zero-order valence-corrected chi connectivity index (χ0v) is 11.8. The van der Waals surface area contributed by atoms with Gasteiger partial charge in [0, 0.05) is 6.07 Å². The molecular weight excluding hydrogens is 270 g/mol. The van der Waals surface area contributed by atoms with Crippen molar-refractivity contribution in [2.24, 2.45) is 0 Å². The summed E-state index contributed by atoms with van der Waals surface area (Å²) in [5.41, 5.74) is -0.468. The van der Waals surface area contributed by atoms with Crippen LogP contribution in [-0.2, 0) is 10.0 Å². The minimum atomic E-state index is -3.14. The van der Waals surface area contributed by atoms with Crippen LogP contribution in [0, 0.1) is 6.92 Å². The van der Waals surface area contributed by atoms with E-state index in [4.69, 9.17) is 9.15 Å². The number of ether oxygens (including phenoxy) is 1. The van der Waals surface area contributed by atoms with E-state index in [1.165, 1.54) is 10.4 Å². The Bertz CT molecular complexity index is 601. The fourth-order valence-electron chi connectivity index (χ4n) is 1.93. The quantitative estimate of drug-likeness (QED) is 0.798. The van der Waals surface area contributed by atoms with Crippen molar-refractivity contribution in [3.8, 4) is 5.75 Å². The van der Waals surface area contributed by atoms with Crippen LogP contribution in [0.2, 0.25) is 0 Å².